The predicted molar refractivity (Wildman–Crippen MR) is 95.4 cm³/mol. The summed E-state index contributed by atoms with van der Waals surface area (Å²) in [6.07, 6.45) is 7.85. The molecule has 1 heterocycles. The average molecular weight is 349 g/mol. The van der Waals surface area contributed by atoms with Gasteiger partial charge in [-0.2, -0.15) is 0 Å². The van der Waals surface area contributed by atoms with Crippen LogP contribution in [0.15, 0.2) is 6.07 Å². The van der Waals surface area contributed by atoms with E-state index in [1.54, 1.807) is 0 Å². The topological polar surface area (TPSA) is 55.4 Å². The van der Waals surface area contributed by atoms with Gasteiger partial charge in [-0.3, -0.25) is 4.79 Å². The highest BCUT2D eigenvalue weighted by atomic mass is 32.1. The van der Waals surface area contributed by atoms with Crippen LogP contribution < -0.4 is 5.32 Å². The zero-order valence-corrected chi connectivity index (χ0v) is 15.4. The summed E-state index contributed by atoms with van der Waals surface area (Å²) in [6.45, 7) is 4.06. The molecular weight excluding hydrogens is 322 g/mol. The Morgan fingerprint density at radius 3 is 2.46 bits per heavy atom. The Hall–Kier alpha value is -1.36. The molecule has 0 aliphatic heterocycles. The lowest BCUT2D eigenvalue weighted by molar-refractivity contribution is -0.125. The van der Waals surface area contributed by atoms with Crippen LogP contribution in [-0.4, -0.2) is 24.5 Å². The third-order valence-corrected chi connectivity index (χ3v) is 6.09. The molecule has 2 saturated carbocycles. The minimum Gasteiger partial charge on any atom is -0.451 e. The Bertz CT molecular complexity index is 590. The molecule has 2 aliphatic carbocycles. The van der Waals surface area contributed by atoms with E-state index >= 15 is 0 Å². The number of thiophene rings is 1. The van der Waals surface area contributed by atoms with E-state index in [1.807, 2.05) is 6.07 Å². The zero-order chi connectivity index (χ0) is 17.1. The maximum atomic E-state index is 12.2. The minimum absolute atomic E-state index is 0.159. The summed E-state index contributed by atoms with van der Waals surface area (Å²) in [6, 6.07) is 2.23. The lowest BCUT2D eigenvalue weighted by Gasteiger charge is -2.17. The molecule has 1 aromatic rings. The first-order valence-corrected chi connectivity index (χ1v) is 10.0. The Morgan fingerprint density at radius 1 is 1.25 bits per heavy atom. The lowest BCUT2D eigenvalue weighted by atomic mass is 10.1. The van der Waals surface area contributed by atoms with Gasteiger partial charge in [0.25, 0.3) is 5.91 Å². The highest BCUT2D eigenvalue weighted by Crippen LogP contribution is 2.44. The quantitative estimate of drug-likeness (QED) is 0.691. The first-order chi connectivity index (χ1) is 11.6. The molecule has 5 heteroatoms. The van der Waals surface area contributed by atoms with Crippen LogP contribution in [0.2, 0.25) is 0 Å². The largest absolute Gasteiger partial charge is 0.451 e. The lowest BCUT2D eigenvalue weighted by Crippen LogP contribution is -2.40. The minimum atomic E-state index is -0.374. The molecule has 3 rings (SSSR count). The summed E-state index contributed by atoms with van der Waals surface area (Å²) in [5, 5.41) is 3.08. The van der Waals surface area contributed by atoms with Gasteiger partial charge >= 0.3 is 5.97 Å². The smallest absolute Gasteiger partial charge is 0.348 e. The van der Waals surface area contributed by atoms with E-state index in [0.717, 1.165) is 19.3 Å². The van der Waals surface area contributed by atoms with Gasteiger partial charge in [-0.1, -0.05) is 20.3 Å². The van der Waals surface area contributed by atoms with Crippen molar-refractivity contribution in [2.24, 2.45) is 11.8 Å². The second-order valence-corrected chi connectivity index (χ2v) is 8.14. The standard InChI is InChI=1S/C19H27NO3S/c1-3-5-15-12(4-2)10-16(24-15)19(22)23-11-17(21)20-18(13-6-7-13)14-8-9-14/h10,13-14,18H,3-9,11H2,1-2H3,(H,20,21). The zero-order valence-electron chi connectivity index (χ0n) is 14.6. The number of carbonyl (C=O) groups is 2. The number of carbonyl (C=O) groups excluding carboxylic acids is 2. The van der Waals surface area contributed by atoms with Gasteiger partial charge in [-0.25, -0.2) is 4.79 Å². The molecule has 2 fully saturated rings. The van der Waals surface area contributed by atoms with Crippen molar-refractivity contribution in [1.82, 2.24) is 5.32 Å². The molecule has 0 saturated heterocycles. The van der Waals surface area contributed by atoms with Crippen LogP contribution in [0.3, 0.4) is 0 Å². The van der Waals surface area contributed by atoms with E-state index in [1.165, 1.54) is 47.5 Å². The van der Waals surface area contributed by atoms with Gasteiger partial charge in [0.1, 0.15) is 4.88 Å². The SMILES string of the molecule is CCCc1sc(C(=O)OCC(=O)NC(C2CC2)C2CC2)cc1CC. The van der Waals surface area contributed by atoms with Crippen molar-refractivity contribution in [1.29, 1.82) is 0 Å². The number of amides is 1. The van der Waals surface area contributed by atoms with Gasteiger partial charge in [-0.15, -0.1) is 11.3 Å². The van der Waals surface area contributed by atoms with Crippen LogP contribution in [0.1, 0.15) is 66.1 Å². The molecule has 0 aromatic carbocycles. The fraction of sp³-hybridized carbons (Fsp3) is 0.684. The molecule has 4 nitrogen and oxygen atoms in total. The summed E-state index contributed by atoms with van der Waals surface area (Å²) in [5.74, 6) is 0.770. The van der Waals surface area contributed by atoms with Crippen LogP contribution >= 0.6 is 11.3 Å². The third-order valence-electron chi connectivity index (χ3n) is 4.88. The second-order valence-electron chi connectivity index (χ2n) is 7.01. The average Bonchev–Trinajstić information content (AvgIpc) is 3.48. The van der Waals surface area contributed by atoms with Gasteiger partial charge in [-0.05, 0) is 62.0 Å². The van der Waals surface area contributed by atoms with Gasteiger partial charge < -0.3 is 10.1 Å². The van der Waals surface area contributed by atoms with Crippen LogP contribution in [0.5, 0.6) is 0 Å². The number of hydrogen-bond donors (Lipinski definition) is 1. The summed E-state index contributed by atoms with van der Waals surface area (Å²) >= 11 is 1.51. The molecule has 132 valence electrons. The first-order valence-electron chi connectivity index (χ1n) is 9.20. The highest BCUT2D eigenvalue weighted by Gasteiger charge is 2.42. The monoisotopic (exact) mass is 349 g/mol. The Kier molecular flexibility index (Phi) is 5.59. The van der Waals surface area contributed by atoms with Crippen LogP contribution in [0.25, 0.3) is 0 Å². The molecule has 0 bridgehead atoms. The number of esters is 1. The number of ether oxygens (including phenoxy) is 1. The van der Waals surface area contributed by atoms with Gasteiger partial charge in [0, 0.05) is 10.9 Å². The van der Waals surface area contributed by atoms with Crippen molar-refractivity contribution in [2.45, 2.75) is 64.8 Å². The molecule has 24 heavy (non-hydrogen) atoms. The summed E-state index contributed by atoms with van der Waals surface area (Å²) in [7, 11) is 0. The van der Waals surface area contributed by atoms with E-state index in [0.29, 0.717) is 22.8 Å². The first kappa shape index (κ1) is 17.5. The van der Waals surface area contributed by atoms with E-state index in [2.05, 4.69) is 19.2 Å². The van der Waals surface area contributed by atoms with Gasteiger partial charge in [0.05, 0.1) is 0 Å². The molecule has 0 atom stereocenters. The maximum Gasteiger partial charge on any atom is 0.348 e. The molecule has 0 unspecified atom stereocenters. The fourth-order valence-electron chi connectivity index (χ4n) is 3.27. The molecule has 1 N–H and O–H groups in total. The number of aryl methyl sites for hydroxylation is 2. The Morgan fingerprint density at radius 2 is 1.92 bits per heavy atom. The van der Waals surface area contributed by atoms with Crippen molar-refractivity contribution in [3.05, 3.63) is 21.4 Å². The molecule has 0 radical (unpaired) electrons. The Balaban J connectivity index is 1.50. The fourth-order valence-corrected chi connectivity index (χ4v) is 4.52. The Labute approximate surface area is 148 Å². The van der Waals surface area contributed by atoms with Crippen molar-refractivity contribution in [3.8, 4) is 0 Å². The van der Waals surface area contributed by atoms with Gasteiger partial charge in [0.15, 0.2) is 6.61 Å². The number of nitrogens with one attached hydrogen (secondary N) is 1. The molecule has 0 spiro atoms. The van der Waals surface area contributed by atoms with Crippen LogP contribution in [-0.2, 0) is 22.4 Å². The predicted octanol–water partition coefficient (Wildman–Crippen LogP) is 3.72. The maximum absolute atomic E-state index is 12.2. The van der Waals surface area contributed by atoms with Crippen molar-refractivity contribution >= 4 is 23.2 Å². The third kappa shape index (κ3) is 4.38. The number of hydrogen-bond acceptors (Lipinski definition) is 4. The normalized spacial score (nSPS) is 17.1. The van der Waals surface area contributed by atoms with Crippen molar-refractivity contribution < 1.29 is 14.3 Å². The summed E-state index contributed by atoms with van der Waals surface area (Å²) in [5.41, 5.74) is 1.22. The summed E-state index contributed by atoms with van der Waals surface area (Å²) in [4.78, 5) is 26.2. The number of rotatable bonds is 9. The molecule has 2 aliphatic rings. The van der Waals surface area contributed by atoms with E-state index in [-0.39, 0.29) is 18.5 Å². The van der Waals surface area contributed by atoms with Crippen molar-refractivity contribution in [3.63, 3.8) is 0 Å². The van der Waals surface area contributed by atoms with E-state index < -0.39 is 0 Å². The van der Waals surface area contributed by atoms with Gasteiger partial charge in [0.2, 0.25) is 0 Å². The van der Waals surface area contributed by atoms with E-state index in [9.17, 15) is 9.59 Å². The molecule has 1 aromatic heterocycles. The second kappa shape index (κ2) is 7.68. The summed E-state index contributed by atoms with van der Waals surface area (Å²) < 4.78 is 5.24. The molecular formula is C19H27NO3S. The highest BCUT2D eigenvalue weighted by molar-refractivity contribution is 7.14. The molecule has 1 amide bonds. The van der Waals surface area contributed by atoms with Crippen molar-refractivity contribution in [2.75, 3.05) is 6.61 Å². The van der Waals surface area contributed by atoms with Crippen LogP contribution in [0, 0.1) is 11.8 Å². The van der Waals surface area contributed by atoms with Crippen LogP contribution in [0.4, 0.5) is 0 Å². The van der Waals surface area contributed by atoms with E-state index in [4.69, 9.17) is 4.74 Å².